The normalized spacial score (nSPS) is 14.0. The average molecular weight is 353 g/mol. The highest BCUT2D eigenvalue weighted by molar-refractivity contribution is 6.31. The van der Waals surface area contributed by atoms with Crippen LogP contribution in [-0.2, 0) is 14.3 Å². The molecule has 1 aliphatic rings. The molecule has 2 rings (SSSR count). The molecule has 0 unspecified atom stereocenters. The van der Waals surface area contributed by atoms with Crippen LogP contribution in [0.2, 0.25) is 5.02 Å². The summed E-state index contributed by atoms with van der Waals surface area (Å²) in [6, 6.07) is 4.93. The first kappa shape index (κ1) is 18.3. The van der Waals surface area contributed by atoms with E-state index in [1.807, 2.05) is 0 Å². The van der Waals surface area contributed by atoms with Crippen LogP contribution >= 0.6 is 11.6 Å². The van der Waals surface area contributed by atoms with Crippen molar-refractivity contribution in [3.05, 3.63) is 28.8 Å². The van der Waals surface area contributed by atoms with Gasteiger partial charge in [0.25, 0.3) is 5.91 Å². The summed E-state index contributed by atoms with van der Waals surface area (Å²) in [5.41, 5.74) is 0.991. The topological polar surface area (TPSA) is 66.9 Å². The van der Waals surface area contributed by atoms with Gasteiger partial charge >= 0.3 is 5.97 Å². The molecule has 0 aliphatic carbocycles. The summed E-state index contributed by atoms with van der Waals surface area (Å²) < 4.78 is 4.59. The number of methoxy groups -OCH3 is 1. The Labute approximate surface area is 146 Å². The fraction of sp³-hybridized carbons (Fsp3) is 0.471. The Kier molecular flexibility index (Phi) is 6.20. The van der Waals surface area contributed by atoms with Crippen molar-refractivity contribution in [2.75, 3.05) is 32.1 Å². The minimum atomic E-state index is -0.300. The zero-order valence-corrected chi connectivity index (χ0v) is 14.6. The highest BCUT2D eigenvalue weighted by Gasteiger charge is 2.27. The van der Waals surface area contributed by atoms with Gasteiger partial charge < -0.3 is 14.5 Å². The van der Waals surface area contributed by atoms with Crippen LogP contribution in [0.15, 0.2) is 18.2 Å². The molecule has 0 aromatic heterocycles. The lowest BCUT2D eigenvalue weighted by Gasteiger charge is -2.23. The second kappa shape index (κ2) is 8.15. The van der Waals surface area contributed by atoms with Crippen LogP contribution in [0, 0.1) is 0 Å². The van der Waals surface area contributed by atoms with E-state index in [0.717, 1.165) is 6.42 Å². The highest BCUT2D eigenvalue weighted by Crippen LogP contribution is 2.29. The number of benzene rings is 1. The van der Waals surface area contributed by atoms with Gasteiger partial charge in [0.15, 0.2) is 0 Å². The number of carbonyl (C=O) groups excluding carboxylic acids is 3. The maximum atomic E-state index is 12.7. The quantitative estimate of drug-likeness (QED) is 0.738. The van der Waals surface area contributed by atoms with Gasteiger partial charge in [0.2, 0.25) is 5.91 Å². The third kappa shape index (κ3) is 4.26. The fourth-order valence-electron chi connectivity index (χ4n) is 2.68. The molecule has 1 aromatic carbocycles. The minimum Gasteiger partial charge on any atom is -0.469 e. The molecular formula is C17H21ClN2O4. The molecule has 1 aliphatic heterocycles. The third-order valence-corrected chi connectivity index (χ3v) is 4.24. The number of halogens is 1. The van der Waals surface area contributed by atoms with Crippen LogP contribution in [0.1, 0.15) is 36.0 Å². The SMILES string of the molecule is COC(=O)CCCN(C)C(=O)c1ccc(Cl)cc1N1CCCC1=O. The van der Waals surface area contributed by atoms with Crippen LogP contribution in [0.4, 0.5) is 5.69 Å². The summed E-state index contributed by atoms with van der Waals surface area (Å²) in [7, 11) is 3.01. The largest absolute Gasteiger partial charge is 0.469 e. The zero-order valence-electron chi connectivity index (χ0n) is 13.9. The van der Waals surface area contributed by atoms with Crippen molar-refractivity contribution in [2.45, 2.75) is 25.7 Å². The molecule has 1 fully saturated rings. The number of carbonyl (C=O) groups is 3. The van der Waals surface area contributed by atoms with Crippen molar-refractivity contribution in [2.24, 2.45) is 0 Å². The van der Waals surface area contributed by atoms with E-state index in [9.17, 15) is 14.4 Å². The summed E-state index contributed by atoms with van der Waals surface area (Å²) in [5, 5.41) is 0.481. The summed E-state index contributed by atoms with van der Waals surface area (Å²) in [5.74, 6) is -0.503. The molecule has 1 saturated heterocycles. The van der Waals surface area contributed by atoms with Crippen molar-refractivity contribution in [1.82, 2.24) is 4.90 Å². The Morgan fingerprint density at radius 1 is 1.38 bits per heavy atom. The van der Waals surface area contributed by atoms with E-state index in [1.54, 1.807) is 30.1 Å². The predicted octanol–water partition coefficient (Wildman–Crippen LogP) is 2.49. The lowest BCUT2D eigenvalue weighted by atomic mass is 10.1. The van der Waals surface area contributed by atoms with Gasteiger partial charge in [-0.1, -0.05) is 11.6 Å². The standard InChI is InChI=1S/C17H21ClN2O4/c1-19(9-4-6-16(22)24-2)17(23)13-8-7-12(18)11-14(13)20-10-3-5-15(20)21/h7-8,11H,3-6,9-10H2,1-2H3. The maximum absolute atomic E-state index is 12.7. The molecule has 0 saturated carbocycles. The Balaban J connectivity index is 2.13. The second-order valence-corrected chi connectivity index (χ2v) is 6.15. The number of nitrogens with zero attached hydrogens (tertiary/aromatic N) is 2. The van der Waals surface area contributed by atoms with Crippen molar-refractivity contribution in [3.63, 3.8) is 0 Å². The fourth-order valence-corrected chi connectivity index (χ4v) is 2.85. The van der Waals surface area contributed by atoms with Crippen LogP contribution in [0.25, 0.3) is 0 Å². The van der Waals surface area contributed by atoms with E-state index >= 15 is 0 Å². The first-order valence-electron chi connectivity index (χ1n) is 7.86. The van der Waals surface area contributed by atoms with E-state index in [1.165, 1.54) is 12.0 Å². The maximum Gasteiger partial charge on any atom is 0.305 e. The van der Waals surface area contributed by atoms with E-state index in [4.69, 9.17) is 11.6 Å². The van der Waals surface area contributed by atoms with E-state index in [2.05, 4.69) is 4.74 Å². The van der Waals surface area contributed by atoms with Gasteiger partial charge in [-0.3, -0.25) is 14.4 Å². The molecule has 0 radical (unpaired) electrons. The monoisotopic (exact) mass is 352 g/mol. The Morgan fingerprint density at radius 3 is 2.75 bits per heavy atom. The number of amides is 2. The predicted molar refractivity (Wildman–Crippen MR) is 91.2 cm³/mol. The van der Waals surface area contributed by atoms with Crippen molar-refractivity contribution in [3.8, 4) is 0 Å². The van der Waals surface area contributed by atoms with Crippen LogP contribution < -0.4 is 4.90 Å². The lowest BCUT2D eigenvalue weighted by molar-refractivity contribution is -0.140. The van der Waals surface area contributed by atoms with Gasteiger partial charge in [-0.05, 0) is 31.0 Å². The Hall–Kier alpha value is -2.08. The first-order chi connectivity index (χ1) is 11.4. The summed E-state index contributed by atoms with van der Waals surface area (Å²) >= 11 is 6.05. The van der Waals surface area contributed by atoms with E-state index in [-0.39, 0.29) is 24.2 Å². The van der Waals surface area contributed by atoms with Gasteiger partial charge in [-0.15, -0.1) is 0 Å². The zero-order chi connectivity index (χ0) is 17.7. The Morgan fingerprint density at radius 2 is 2.12 bits per heavy atom. The molecule has 6 nitrogen and oxygen atoms in total. The van der Waals surface area contributed by atoms with Gasteiger partial charge in [-0.2, -0.15) is 0 Å². The van der Waals surface area contributed by atoms with Crippen molar-refractivity contribution in [1.29, 1.82) is 0 Å². The van der Waals surface area contributed by atoms with Gasteiger partial charge in [0.05, 0.1) is 18.4 Å². The first-order valence-corrected chi connectivity index (χ1v) is 8.24. The van der Waals surface area contributed by atoms with E-state index < -0.39 is 0 Å². The highest BCUT2D eigenvalue weighted by atomic mass is 35.5. The summed E-state index contributed by atoms with van der Waals surface area (Å²) in [6.07, 6.45) is 2.02. The molecule has 0 spiro atoms. The molecule has 0 N–H and O–H groups in total. The van der Waals surface area contributed by atoms with Crippen molar-refractivity contribution < 1.29 is 19.1 Å². The second-order valence-electron chi connectivity index (χ2n) is 5.72. The number of hydrogen-bond donors (Lipinski definition) is 0. The molecule has 130 valence electrons. The molecule has 2 amide bonds. The van der Waals surface area contributed by atoms with Crippen molar-refractivity contribution >= 4 is 35.1 Å². The molecule has 24 heavy (non-hydrogen) atoms. The molecule has 0 atom stereocenters. The van der Waals surface area contributed by atoms with Gasteiger partial charge in [0.1, 0.15) is 0 Å². The van der Waals surface area contributed by atoms with Crippen LogP contribution in [0.3, 0.4) is 0 Å². The molecule has 1 heterocycles. The summed E-state index contributed by atoms with van der Waals surface area (Å²) in [6.45, 7) is 1.01. The average Bonchev–Trinajstić information content (AvgIpc) is 2.99. The number of anilines is 1. The third-order valence-electron chi connectivity index (χ3n) is 4.00. The number of hydrogen-bond acceptors (Lipinski definition) is 4. The summed E-state index contributed by atoms with van der Waals surface area (Å²) in [4.78, 5) is 39.0. The smallest absolute Gasteiger partial charge is 0.305 e. The molecule has 0 bridgehead atoms. The minimum absolute atomic E-state index is 0.000314. The lowest BCUT2D eigenvalue weighted by Crippen LogP contribution is -2.32. The number of ether oxygens (including phenoxy) is 1. The molecular weight excluding hydrogens is 332 g/mol. The molecule has 7 heteroatoms. The van der Waals surface area contributed by atoms with E-state index in [0.29, 0.717) is 42.2 Å². The van der Waals surface area contributed by atoms with Crippen LogP contribution in [0.5, 0.6) is 0 Å². The molecule has 1 aromatic rings. The number of esters is 1. The van der Waals surface area contributed by atoms with Gasteiger partial charge in [-0.25, -0.2) is 0 Å². The Bertz CT molecular complexity index is 647. The van der Waals surface area contributed by atoms with Gasteiger partial charge in [0, 0.05) is 38.0 Å². The number of rotatable bonds is 6. The van der Waals surface area contributed by atoms with Crippen LogP contribution in [-0.4, -0.2) is 49.9 Å².